The van der Waals surface area contributed by atoms with E-state index in [1.54, 1.807) is 13.0 Å². The zero-order valence-electron chi connectivity index (χ0n) is 18.1. The average molecular weight is 436 g/mol. The van der Waals surface area contributed by atoms with Crippen LogP contribution in [0.25, 0.3) is 10.6 Å². The lowest BCUT2D eigenvalue weighted by atomic mass is 10.0. The topological polar surface area (TPSA) is 63.7 Å². The number of hydrogen-bond acceptors (Lipinski definition) is 6. The second-order valence-electron chi connectivity index (χ2n) is 7.61. The van der Waals surface area contributed by atoms with Crippen LogP contribution < -0.4 is 14.8 Å². The van der Waals surface area contributed by atoms with Crippen molar-refractivity contribution in [2.24, 2.45) is 0 Å². The Hall–Kier alpha value is -2.19. The van der Waals surface area contributed by atoms with Crippen molar-refractivity contribution in [1.82, 2.24) is 15.2 Å². The zero-order chi connectivity index (χ0) is 21.7. The number of piperidine rings is 1. The van der Waals surface area contributed by atoms with Crippen molar-refractivity contribution < 1.29 is 18.7 Å². The molecule has 1 aliphatic heterocycles. The van der Waals surface area contributed by atoms with E-state index < -0.39 is 5.82 Å². The molecule has 1 saturated heterocycles. The van der Waals surface area contributed by atoms with E-state index in [1.807, 2.05) is 0 Å². The van der Waals surface area contributed by atoms with Gasteiger partial charge in [-0.2, -0.15) is 0 Å². The average Bonchev–Trinajstić information content (AvgIpc) is 3.12. The fourth-order valence-electron chi connectivity index (χ4n) is 3.81. The number of carbonyl (C=O) groups excluding carboxylic acids is 1. The van der Waals surface area contributed by atoms with Crippen LogP contribution in [0.3, 0.4) is 0 Å². The van der Waals surface area contributed by atoms with Crippen LogP contribution in [0.1, 0.15) is 48.0 Å². The maximum absolute atomic E-state index is 14.7. The van der Waals surface area contributed by atoms with E-state index in [0.717, 1.165) is 19.5 Å². The van der Waals surface area contributed by atoms with Gasteiger partial charge < -0.3 is 19.7 Å². The van der Waals surface area contributed by atoms with Crippen molar-refractivity contribution in [3.63, 3.8) is 0 Å². The molecule has 6 nitrogen and oxygen atoms in total. The lowest BCUT2D eigenvalue weighted by molar-refractivity contribution is 0.0952. The third-order valence-electron chi connectivity index (χ3n) is 5.55. The van der Waals surface area contributed by atoms with Gasteiger partial charge in [0.1, 0.15) is 27.2 Å². The van der Waals surface area contributed by atoms with Gasteiger partial charge in [-0.05, 0) is 39.7 Å². The largest absolute Gasteiger partial charge is 0.497 e. The van der Waals surface area contributed by atoms with Gasteiger partial charge in [-0.3, -0.25) is 4.79 Å². The van der Waals surface area contributed by atoms with Gasteiger partial charge in [0.2, 0.25) is 0 Å². The Balaban J connectivity index is 1.65. The van der Waals surface area contributed by atoms with Crippen LogP contribution in [0.5, 0.6) is 11.5 Å². The van der Waals surface area contributed by atoms with Gasteiger partial charge in [0.25, 0.3) is 5.91 Å². The predicted molar refractivity (Wildman–Crippen MR) is 117 cm³/mol. The van der Waals surface area contributed by atoms with E-state index in [0.29, 0.717) is 39.7 Å². The molecule has 8 heteroatoms. The molecule has 0 bridgehead atoms. The Kier molecular flexibility index (Phi) is 7.66. The number of aromatic nitrogens is 1. The number of carbonyl (C=O) groups is 1. The van der Waals surface area contributed by atoms with Crippen molar-refractivity contribution in [2.45, 2.75) is 45.6 Å². The molecule has 1 atom stereocenters. The number of methoxy groups -OCH3 is 2. The van der Waals surface area contributed by atoms with Crippen molar-refractivity contribution in [3.8, 4) is 22.1 Å². The lowest BCUT2D eigenvalue weighted by Crippen LogP contribution is -2.39. The quantitative estimate of drug-likeness (QED) is 0.628. The molecule has 1 aromatic heterocycles. The minimum absolute atomic E-state index is 0.171. The first-order valence-corrected chi connectivity index (χ1v) is 11.2. The highest BCUT2D eigenvalue weighted by atomic mass is 32.1. The molecule has 0 saturated carbocycles. The molecule has 0 aliphatic carbocycles. The number of amides is 1. The third kappa shape index (κ3) is 5.10. The summed E-state index contributed by atoms with van der Waals surface area (Å²) in [7, 11) is 2.94. The molecule has 1 aliphatic rings. The molecule has 0 spiro atoms. The van der Waals surface area contributed by atoms with E-state index in [-0.39, 0.29) is 11.5 Å². The first-order chi connectivity index (χ1) is 14.4. The summed E-state index contributed by atoms with van der Waals surface area (Å²) in [6.45, 7) is 6.77. The third-order valence-corrected chi connectivity index (χ3v) is 6.72. The summed E-state index contributed by atoms with van der Waals surface area (Å²) in [5.74, 6) is 0.0176. The van der Waals surface area contributed by atoms with E-state index in [1.165, 1.54) is 50.9 Å². The van der Waals surface area contributed by atoms with Gasteiger partial charge in [-0.15, -0.1) is 11.3 Å². The molecule has 1 fully saturated rings. The van der Waals surface area contributed by atoms with Crippen LogP contribution in [0.15, 0.2) is 12.1 Å². The Morgan fingerprint density at radius 1 is 1.33 bits per heavy atom. The Bertz CT molecular complexity index is 887. The SMILES string of the molecule is COc1cc(F)c(-c2nc(C)c(C(=O)NCCCN3CCCCC3C)s2)c(OC)c1. The smallest absolute Gasteiger partial charge is 0.263 e. The number of rotatable bonds is 8. The van der Waals surface area contributed by atoms with Crippen LogP contribution >= 0.6 is 11.3 Å². The molecule has 1 unspecified atom stereocenters. The first kappa shape index (κ1) is 22.5. The Labute approximate surface area is 181 Å². The number of hydrogen-bond donors (Lipinski definition) is 1. The monoisotopic (exact) mass is 435 g/mol. The molecule has 2 aromatic rings. The van der Waals surface area contributed by atoms with E-state index in [9.17, 15) is 9.18 Å². The predicted octanol–water partition coefficient (Wildman–Crippen LogP) is 4.27. The van der Waals surface area contributed by atoms with Crippen LogP contribution in [-0.2, 0) is 0 Å². The first-order valence-electron chi connectivity index (χ1n) is 10.4. The maximum Gasteiger partial charge on any atom is 0.263 e. The fraction of sp³-hybridized carbons (Fsp3) is 0.545. The molecular weight excluding hydrogens is 405 g/mol. The second-order valence-corrected chi connectivity index (χ2v) is 8.61. The molecule has 0 radical (unpaired) electrons. The number of nitrogens with one attached hydrogen (secondary N) is 1. The van der Waals surface area contributed by atoms with Gasteiger partial charge >= 0.3 is 0 Å². The number of likely N-dealkylation sites (tertiary alicyclic amines) is 1. The number of thiazole rings is 1. The second kappa shape index (κ2) is 10.2. The van der Waals surface area contributed by atoms with Crippen LogP contribution in [0, 0.1) is 12.7 Å². The van der Waals surface area contributed by atoms with E-state index >= 15 is 0 Å². The molecule has 3 rings (SSSR count). The van der Waals surface area contributed by atoms with Gasteiger partial charge in [0.15, 0.2) is 0 Å². The Morgan fingerprint density at radius 3 is 2.83 bits per heavy atom. The van der Waals surface area contributed by atoms with Gasteiger partial charge in [-0.25, -0.2) is 9.37 Å². The molecule has 2 heterocycles. The van der Waals surface area contributed by atoms with Crippen molar-refractivity contribution >= 4 is 17.2 Å². The summed E-state index contributed by atoms with van der Waals surface area (Å²) >= 11 is 1.17. The molecule has 1 aromatic carbocycles. The van der Waals surface area contributed by atoms with Crippen LogP contribution in [0.4, 0.5) is 4.39 Å². The number of aryl methyl sites for hydroxylation is 1. The van der Waals surface area contributed by atoms with Crippen molar-refractivity contribution in [3.05, 3.63) is 28.5 Å². The zero-order valence-corrected chi connectivity index (χ0v) is 18.9. The van der Waals surface area contributed by atoms with Crippen molar-refractivity contribution in [2.75, 3.05) is 33.9 Å². The highest BCUT2D eigenvalue weighted by Crippen LogP contribution is 2.39. The summed E-state index contributed by atoms with van der Waals surface area (Å²) in [5, 5.41) is 3.39. The molecule has 30 heavy (non-hydrogen) atoms. The Morgan fingerprint density at radius 2 is 2.13 bits per heavy atom. The molecule has 164 valence electrons. The normalized spacial score (nSPS) is 17.0. The van der Waals surface area contributed by atoms with Gasteiger partial charge in [-0.1, -0.05) is 6.42 Å². The number of halogens is 1. The van der Waals surface area contributed by atoms with Gasteiger partial charge in [0, 0.05) is 31.3 Å². The standard InChI is InChI=1S/C22H30FN3O3S/c1-14-8-5-6-10-26(14)11-7-9-24-21(27)20-15(2)25-22(30-20)19-17(23)12-16(28-3)13-18(19)29-4/h12-14H,5-11H2,1-4H3,(H,24,27). The number of ether oxygens (including phenoxy) is 2. The highest BCUT2D eigenvalue weighted by Gasteiger charge is 2.22. The van der Waals surface area contributed by atoms with Crippen molar-refractivity contribution in [1.29, 1.82) is 0 Å². The highest BCUT2D eigenvalue weighted by molar-refractivity contribution is 7.17. The van der Waals surface area contributed by atoms with Crippen LogP contribution in [-0.4, -0.2) is 55.7 Å². The fourth-order valence-corrected chi connectivity index (χ4v) is 4.85. The maximum atomic E-state index is 14.7. The van der Waals surface area contributed by atoms with E-state index in [4.69, 9.17) is 9.47 Å². The summed E-state index contributed by atoms with van der Waals surface area (Å²) in [6, 6.07) is 3.52. The minimum Gasteiger partial charge on any atom is -0.497 e. The summed E-state index contributed by atoms with van der Waals surface area (Å²) in [4.78, 5) is 20.1. The molecule has 1 N–H and O–H groups in total. The molecular formula is C22H30FN3O3S. The number of benzene rings is 1. The summed E-state index contributed by atoms with van der Waals surface area (Å²) in [6.07, 6.45) is 4.72. The summed E-state index contributed by atoms with van der Waals surface area (Å²) < 4.78 is 25.1. The van der Waals surface area contributed by atoms with Crippen LogP contribution in [0.2, 0.25) is 0 Å². The lowest BCUT2D eigenvalue weighted by Gasteiger charge is -2.33. The van der Waals surface area contributed by atoms with E-state index in [2.05, 4.69) is 22.1 Å². The molecule has 1 amide bonds. The van der Waals surface area contributed by atoms with Gasteiger partial charge in [0.05, 0.1) is 25.5 Å². The summed E-state index contributed by atoms with van der Waals surface area (Å²) in [5.41, 5.74) is 0.818. The number of nitrogens with zero attached hydrogens (tertiary/aromatic N) is 2. The minimum atomic E-state index is -0.498.